The zero-order chi connectivity index (χ0) is 17.9. The fourth-order valence-electron chi connectivity index (χ4n) is 3.82. The van der Waals surface area contributed by atoms with Crippen molar-refractivity contribution in [1.82, 2.24) is 14.8 Å². The number of nitrogens with zero attached hydrogens (tertiary/aromatic N) is 3. The van der Waals surface area contributed by atoms with Crippen molar-refractivity contribution in [1.29, 1.82) is 0 Å². The number of amides is 2. The number of pyridine rings is 1. The zero-order valence-corrected chi connectivity index (χ0v) is 15.6. The number of hydrogen-bond donors (Lipinski definition) is 0. The third-order valence-electron chi connectivity index (χ3n) is 5.33. The van der Waals surface area contributed by atoms with E-state index in [1.54, 1.807) is 17.5 Å². The molecule has 2 aromatic rings. The molecule has 136 valence electrons. The fourth-order valence-corrected chi connectivity index (χ4v) is 4.71. The monoisotopic (exact) mass is 369 g/mol. The Morgan fingerprint density at radius 2 is 2.19 bits per heavy atom. The summed E-state index contributed by atoms with van der Waals surface area (Å²) >= 11 is 1.78. The molecule has 0 spiro atoms. The van der Waals surface area contributed by atoms with Crippen molar-refractivity contribution >= 4 is 23.2 Å². The number of fused-ring (bicyclic) bond motifs is 1. The van der Waals surface area contributed by atoms with Gasteiger partial charge >= 0.3 is 0 Å². The van der Waals surface area contributed by atoms with Gasteiger partial charge in [-0.25, -0.2) is 0 Å². The molecule has 4 heterocycles. The maximum Gasteiger partial charge on any atom is 0.227 e. The Morgan fingerprint density at radius 1 is 1.27 bits per heavy atom. The summed E-state index contributed by atoms with van der Waals surface area (Å²) in [6.07, 6.45) is 4.60. The van der Waals surface area contributed by atoms with Gasteiger partial charge in [-0.1, -0.05) is 6.07 Å². The molecule has 1 saturated heterocycles. The highest BCUT2D eigenvalue weighted by Gasteiger charge is 2.33. The van der Waals surface area contributed by atoms with Gasteiger partial charge in [0.05, 0.1) is 5.92 Å². The summed E-state index contributed by atoms with van der Waals surface area (Å²) in [5.41, 5.74) is 2.27. The summed E-state index contributed by atoms with van der Waals surface area (Å²) < 4.78 is 0. The van der Waals surface area contributed by atoms with E-state index in [-0.39, 0.29) is 17.7 Å². The van der Waals surface area contributed by atoms with Gasteiger partial charge in [-0.3, -0.25) is 14.6 Å². The average molecular weight is 369 g/mol. The van der Waals surface area contributed by atoms with Crippen LogP contribution in [-0.4, -0.2) is 46.2 Å². The number of carbonyl (C=O) groups is 2. The predicted octanol–water partition coefficient (Wildman–Crippen LogP) is 2.51. The smallest absolute Gasteiger partial charge is 0.227 e. The molecule has 5 nitrogen and oxygen atoms in total. The van der Waals surface area contributed by atoms with Gasteiger partial charge in [0, 0.05) is 55.8 Å². The summed E-state index contributed by atoms with van der Waals surface area (Å²) in [6, 6.07) is 7.95. The third-order valence-corrected chi connectivity index (χ3v) is 6.36. The van der Waals surface area contributed by atoms with Crippen LogP contribution in [-0.2, 0) is 29.0 Å². The first-order valence-corrected chi connectivity index (χ1v) is 10.1. The molecule has 0 bridgehead atoms. The average Bonchev–Trinajstić information content (AvgIpc) is 3.15. The summed E-state index contributed by atoms with van der Waals surface area (Å²) in [5.74, 6) is 0.289. The first-order valence-electron chi connectivity index (χ1n) is 9.22. The lowest BCUT2D eigenvalue weighted by atomic mass is 9.94. The molecule has 0 unspecified atom stereocenters. The van der Waals surface area contributed by atoms with E-state index in [1.165, 1.54) is 10.4 Å². The number of rotatable bonds is 4. The maximum atomic E-state index is 13.0. The highest BCUT2D eigenvalue weighted by Crippen LogP contribution is 2.27. The Morgan fingerprint density at radius 3 is 3.04 bits per heavy atom. The van der Waals surface area contributed by atoms with Crippen LogP contribution in [0.25, 0.3) is 0 Å². The fraction of sp³-hybridized carbons (Fsp3) is 0.450. The van der Waals surface area contributed by atoms with E-state index in [0.717, 1.165) is 31.6 Å². The number of hydrogen-bond acceptors (Lipinski definition) is 4. The Hall–Kier alpha value is -2.21. The molecule has 1 atom stereocenters. The Balaban J connectivity index is 1.36. The molecule has 0 aromatic carbocycles. The number of likely N-dealkylation sites (tertiary alicyclic amines) is 1. The van der Waals surface area contributed by atoms with Gasteiger partial charge in [0.15, 0.2) is 0 Å². The van der Waals surface area contributed by atoms with Gasteiger partial charge in [0.25, 0.3) is 0 Å². The lowest BCUT2D eigenvalue weighted by molar-refractivity contribution is -0.143. The minimum absolute atomic E-state index is 0.0726. The summed E-state index contributed by atoms with van der Waals surface area (Å²) in [5, 5.41) is 2.11. The molecule has 1 fully saturated rings. The van der Waals surface area contributed by atoms with Crippen LogP contribution >= 0.6 is 11.3 Å². The molecule has 2 aliphatic rings. The van der Waals surface area contributed by atoms with Crippen LogP contribution < -0.4 is 0 Å². The van der Waals surface area contributed by atoms with Crippen molar-refractivity contribution in [2.45, 2.75) is 32.2 Å². The van der Waals surface area contributed by atoms with Crippen molar-refractivity contribution in [2.24, 2.45) is 5.92 Å². The second kappa shape index (κ2) is 7.58. The van der Waals surface area contributed by atoms with E-state index in [1.807, 2.05) is 28.0 Å². The van der Waals surface area contributed by atoms with Crippen LogP contribution in [0.15, 0.2) is 35.8 Å². The van der Waals surface area contributed by atoms with E-state index in [2.05, 4.69) is 16.4 Å². The van der Waals surface area contributed by atoms with E-state index in [9.17, 15) is 9.59 Å². The maximum absolute atomic E-state index is 13.0. The van der Waals surface area contributed by atoms with Crippen LogP contribution in [0.1, 0.15) is 29.0 Å². The van der Waals surface area contributed by atoms with Gasteiger partial charge in [0.2, 0.25) is 11.8 Å². The Labute approximate surface area is 157 Å². The van der Waals surface area contributed by atoms with E-state index >= 15 is 0 Å². The molecule has 2 aliphatic heterocycles. The molecule has 2 aromatic heterocycles. The molecule has 2 amide bonds. The van der Waals surface area contributed by atoms with E-state index in [4.69, 9.17) is 0 Å². The van der Waals surface area contributed by atoms with Gasteiger partial charge in [-0.15, -0.1) is 11.3 Å². The van der Waals surface area contributed by atoms with Gasteiger partial charge < -0.3 is 9.80 Å². The highest BCUT2D eigenvalue weighted by molar-refractivity contribution is 7.10. The Kier molecular flexibility index (Phi) is 5.02. The van der Waals surface area contributed by atoms with Crippen LogP contribution in [0, 0.1) is 5.92 Å². The highest BCUT2D eigenvalue weighted by atomic mass is 32.1. The number of thiophene rings is 1. The minimum atomic E-state index is -0.0726. The SMILES string of the molecule is O=C1CC[C@@H](C(=O)N2CCc3sccc3C2)CN1CCc1ccccn1. The lowest BCUT2D eigenvalue weighted by Crippen LogP contribution is -2.48. The molecule has 0 saturated carbocycles. The van der Waals surface area contributed by atoms with Gasteiger partial charge in [0.1, 0.15) is 0 Å². The molecule has 0 radical (unpaired) electrons. The van der Waals surface area contributed by atoms with Crippen molar-refractivity contribution in [3.05, 3.63) is 52.0 Å². The quantitative estimate of drug-likeness (QED) is 0.832. The van der Waals surface area contributed by atoms with Crippen LogP contribution in [0.2, 0.25) is 0 Å². The van der Waals surface area contributed by atoms with E-state index in [0.29, 0.717) is 25.9 Å². The number of piperidine rings is 1. The summed E-state index contributed by atoms with van der Waals surface area (Å²) in [4.78, 5) is 34.8. The van der Waals surface area contributed by atoms with Crippen molar-refractivity contribution < 1.29 is 9.59 Å². The number of carbonyl (C=O) groups excluding carboxylic acids is 2. The normalized spacial score (nSPS) is 20.2. The van der Waals surface area contributed by atoms with Crippen LogP contribution in [0.5, 0.6) is 0 Å². The standard InChI is InChI=1S/C20H23N3O2S/c24-19-5-4-16(14-22(19)10-6-17-3-1-2-9-21-17)20(25)23-11-7-18-15(13-23)8-12-26-18/h1-3,8-9,12,16H,4-7,10-11,13-14H2/t16-/m1/s1. The predicted molar refractivity (Wildman–Crippen MR) is 101 cm³/mol. The second-order valence-corrected chi connectivity index (χ2v) is 8.03. The molecule has 0 aliphatic carbocycles. The molecule has 6 heteroatoms. The first kappa shape index (κ1) is 17.2. The van der Waals surface area contributed by atoms with Crippen molar-refractivity contribution in [3.63, 3.8) is 0 Å². The van der Waals surface area contributed by atoms with Gasteiger partial charge in [-0.2, -0.15) is 0 Å². The largest absolute Gasteiger partial charge is 0.342 e. The molecule has 0 N–H and O–H groups in total. The second-order valence-electron chi connectivity index (χ2n) is 7.03. The summed E-state index contributed by atoms with van der Waals surface area (Å²) in [6.45, 7) is 2.69. The molecule has 4 rings (SSSR count). The van der Waals surface area contributed by atoms with E-state index < -0.39 is 0 Å². The van der Waals surface area contributed by atoms with Crippen molar-refractivity contribution in [2.75, 3.05) is 19.6 Å². The Bertz CT molecular complexity index is 789. The topological polar surface area (TPSA) is 53.5 Å². The number of aromatic nitrogens is 1. The van der Waals surface area contributed by atoms with Crippen molar-refractivity contribution in [3.8, 4) is 0 Å². The lowest BCUT2D eigenvalue weighted by Gasteiger charge is -2.36. The molecular weight excluding hydrogens is 346 g/mol. The van der Waals surface area contributed by atoms with Crippen LogP contribution in [0.3, 0.4) is 0 Å². The summed E-state index contributed by atoms with van der Waals surface area (Å²) in [7, 11) is 0. The molecule has 26 heavy (non-hydrogen) atoms. The molecular formula is C20H23N3O2S. The van der Waals surface area contributed by atoms with Gasteiger partial charge in [-0.05, 0) is 42.0 Å². The minimum Gasteiger partial charge on any atom is -0.342 e. The van der Waals surface area contributed by atoms with Crippen LogP contribution in [0.4, 0.5) is 0 Å². The zero-order valence-electron chi connectivity index (χ0n) is 14.8. The first-order chi connectivity index (χ1) is 12.7. The third kappa shape index (κ3) is 3.65.